The third-order valence-corrected chi connectivity index (χ3v) is 6.41. The Balaban J connectivity index is 1.99. The molecule has 0 aromatic heterocycles. The highest BCUT2D eigenvalue weighted by Crippen LogP contribution is 2.31. The van der Waals surface area contributed by atoms with Gasteiger partial charge in [-0.25, -0.2) is 0 Å². The maximum atomic E-state index is 12.6. The lowest BCUT2D eigenvalue weighted by molar-refractivity contribution is 0.171. The lowest BCUT2D eigenvalue weighted by atomic mass is 10.0. The summed E-state index contributed by atoms with van der Waals surface area (Å²) in [5.74, 6) is 1.09. The van der Waals surface area contributed by atoms with Gasteiger partial charge in [-0.05, 0) is 31.6 Å². The molecule has 1 heterocycles. The molecule has 2 rings (SSSR count). The molecule has 2 fully saturated rings. The number of piperidine rings is 1. The normalized spacial score (nSPS) is 23.1. The van der Waals surface area contributed by atoms with E-state index in [0.717, 1.165) is 25.7 Å². The molecule has 0 spiro atoms. The van der Waals surface area contributed by atoms with Gasteiger partial charge in [0.2, 0.25) is 0 Å². The van der Waals surface area contributed by atoms with E-state index in [4.69, 9.17) is 16.3 Å². The van der Waals surface area contributed by atoms with Crippen LogP contribution in [-0.4, -0.2) is 62.3 Å². The number of ether oxygens (including phenoxy) is 1. The summed E-state index contributed by atoms with van der Waals surface area (Å²) >= 11 is 5.84. The number of methoxy groups -OCH3 is 1. The van der Waals surface area contributed by atoms with Gasteiger partial charge in [-0.2, -0.15) is 17.0 Å². The van der Waals surface area contributed by atoms with Gasteiger partial charge in [-0.3, -0.25) is 0 Å². The molecule has 1 aliphatic carbocycles. The molecule has 5 nitrogen and oxygen atoms in total. The number of hydrogen-bond acceptors (Lipinski definition) is 3. The Morgan fingerprint density at radius 1 is 1.26 bits per heavy atom. The van der Waals surface area contributed by atoms with Crippen LogP contribution in [0.15, 0.2) is 0 Å². The maximum absolute atomic E-state index is 12.6. The summed E-state index contributed by atoms with van der Waals surface area (Å²) in [7, 11) is -1.72. The lowest BCUT2D eigenvalue weighted by Gasteiger charge is -2.34. The highest BCUT2D eigenvalue weighted by molar-refractivity contribution is 7.86. The van der Waals surface area contributed by atoms with Crippen molar-refractivity contribution in [2.45, 2.75) is 31.7 Å². The highest BCUT2D eigenvalue weighted by Gasteiger charge is 2.40. The van der Waals surface area contributed by atoms with Crippen molar-refractivity contribution in [3.63, 3.8) is 0 Å². The molecule has 0 aromatic carbocycles. The van der Waals surface area contributed by atoms with E-state index in [1.54, 1.807) is 15.7 Å². The molecular weight excluding hydrogens is 288 g/mol. The third-order valence-electron chi connectivity index (χ3n) is 3.88. The molecule has 1 aliphatic heterocycles. The van der Waals surface area contributed by atoms with Crippen LogP contribution in [-0.2, 0) is 14.9 Å². The van der Waals surface area contributed by atoms with E-state index in [2.05, 4.69) is 0 Å². The monoisotopic (exact) mass is 310 g/mol. The topological polar surface area (TPSA) is 49.9 Å². The number of hydrogen-bond donors (Lipinski definition) is 0. The molecule has 2 aliphatic rings. The van der Waals surface area contributed by atoms with Gasteiger partial charge in [0, 0.05) is 38.7 Å². The minimum Gasteiger partial charge on any atom is -0.383 e. The second-order valence-corrected chi connectivity index (χ2v) is 7.53. The lowest BCUT2D eigenvalue weighted by Crippen LogP contribution is -2.49. The number of halogens is 1. The molecular formula is C12H23ClN2O3S. The van der Waals surface area contributed by atoms with Gasteiger partial charge in [-0.1, -0.05) is 0 Å². The Labute approximate surface area is 121 Å². The Bertz CT molecular complexity index is 378. The molecule has 19 heavy (non-hydrogen) atoms. The van der Waals surface area contributed by atoms with Crippen LogP contribution in [0.2, 0.25) is 0 Å². The summed E-state index contributed by atoms with van der Waals surface area (Å²) < 4.78 is 33.5. The van der Waals surface area contributed by atoms with Crippen molar-refractivity contribution in [2.24, 2.45) is 5.92 Å². The smallest absolute Gasteiger partial charge is 0.282 e. The third kappa shape index (κ3) is 3.82. The summed E-state index contributed by atoms with van der Waals surface area (Å²) in [4.78, 5) is 0. The van der Waals surface area contributed by atoms with Crippen LogP contribution >= 0.6 is 11.6 Å². The van der Waals surface area contributed by atoms with Crippen molar-refractivity contribution in [1.29, 1.82) is 0 Å². The quantitative estimate of drug-likeness (QED) is 0.666. The van der Waals surface area contributed by atoms with Crippen molar-refractivity contribution in [3.8, 4) is 0 Å². The zero-order valence-corrected chi connectivity index (χ0v) is 13.0. The molecule has 0 amide bonds. The predicted molar refractivity (Wildman–Crippen MR) is 75.5 cm³/mol. The minimum absolute atomic E-state index is 0.186. The van der Waals surface area contributed by atoms with Crippen molar-refractivity contribution < 1.29 is 13.2 Å². The van der Waals surface area contributed by atoms with E-state index in [1.807, 2.05) is 0 Å². The molecule has 0 atom stereocenters. The Morgan fingerprint density at radius 3 is 2.37 bits per heavy atom. The fraction of sp³-hybridized carbons (Fsp3) is 1.00. The van der Waals surface area contributed by atoms with Gasteiger partial charge >= 0.3 is 0 Å². The fourth-order valence-electron chi connectivity index (χ4n) is 2.47. The first-order valence-corrected chi connectivity index (χ1v) is 8.84. The fourth-order valence-corrected chi connectivity index (χ4v) is 4.64. The van der Waals surface area contributed by atoms with E-state index in [-0.39, 0.29) is 6.04 Å². The van der Waals surface area contributed by atoms with Gasteiger partial charge in [0.15, 0.2) is 0 Å². The van der Waals surface area contributed by atoms with E-state index in [1.165, 1.54) is 0 Å². The molecule has 1 saturated heterocycles. The van der Waals surface area contributed by atoms with Crippen LogP contribution in [0.4, 0.5) is 0 Å². The zero-order valence-electron chi connectivity index (χ0n) is 11.4. The Kier molecular flexibility index (Phi) is 5.48. The SMILES string of the molecule is COCCN(C1CC1)S(=O)(=O)N1CCC(CCl)CC1. The largest absolute Gasteiger partial charge is 0.383 e. The first-order chi connectivity index (χ1) is 9.09. The van der Waals surface area contributed by atoms with Gasteiger partial charge in [-0.15, -0.1) is 11.6 Å². The summed E-state index contributed by atoms with van der Waals surface area (Å²) in [6, 6.07) is 0.186. The van der Waals surface area contributed by atoms with Gasteiger partial charge in [0.05, 0.1) is 6.61 Å². The molecule has 0 aromatic rings. The average Bonchev–Trinajstić information content (AvgIpc) is 3.23. The first-order valence-electron chi connectivity index (χ1n) is 6.91. The number of nitrogens with zero attached hydrogens (tertiary/aromatic N) is 2. The number of alkyl halides is 1. The van der Waals surface area contributed by atoms with Crippen molar-refractivity contribution in [2.75, 3.05) is 39.2 Å². The summed E-state index contributed by atoms with van der Waals surface area (Å²) in [6.45, 7) is 2.10. The molecule has 0 radical (unpaired) electrons. The van der Waals surface area contributed by atoms with Crippen LogP contribution in [0.5, 0.6) is 0 Å². The molecule has 112 valence electrons. The van der Waals surface area contributed by atoms with Gasteiger partial charge in [0.25, 0.3) is 10.2 Å². The van der Waals surface area contributed by atoms with Crippen molar-refractivity contribution in [3.05, 3.63) is 0 Å². The molecule has 0 N–H and O–H groups in total. The van der Waals surface area contributed by atoms with E-state index < -0.39 is 10.2 Å². The molecule has 0 bridgehead atoms. The van der Waals surface area contributed by atoms with Gasteiger partial charge < -0.3 is 4.74 Å². The van der Waals surface area contributed by atoms with Gasteiger partial charge in [0.1, 0.15) is 0 Å². The second-order valence-electron chi connectivity index (χ2n) is 5.34. The Morgan fingerprint density at radius 2 is 1.89 bits per heavy atom. The molecule has 0 unspecified atom stereocenters. The van der Waals surface area contributed by atoms with E-state index in [9.17, 15) is 8.42 Å². The zero-order chi connectivity index (χ0) is 13.9. The molecule has 1 saturated carbocycles. The van der Waals surface area contributed by atoms with E-state index >= 15 is 0 Å². The Hall–Kier alpha value is 0.120. The maximum Gasteiger partial charge on any atom is 0.282 e. The summed E-state index contributed by atoms with van der Waals surface area (Å²) in [5, 5.41) is 0. The van der Waals surface area contributed by atoms with Crippen LogP contribution in [0.3, 0.4) is 0 Å². The average molecular weight is 311 g/mol. The van der Waals surface area contributed by atoms with Crippen LogP contribution < -0.4 is 0 Å². The summed E-state index contributed by atoms with van der Waals surface area (Å²) in [5.41, 5.74) is 0. The predicted octanol–water partition coefficient (Wildman–Crippen LogP) is 1.29. The first kappa shape index (κ1) is 15.5. The van der Waals surface area contributed by atoms with Crippen LogP contribution in [0.1, 0.15) is 25.7 Å². The van der Waals surface area contributed by atoms with Crippen molar-refractivity contribution in [1.82, 2.24) is 8.61 Å². The minimum atomic E-state index is -3.32. The van der Waals surface area contributed by atoms with E-state index in [0.29, 0.717) is 38.0 Å². The highest BCUT2D eigenvalue weighted by atomic mass is 35.5. The number of rotatable bonds is 7. The summed E-state index contributed by atoms with van der Waals surface area (Å²) in [6.07, 6.45) is 3.68. The van der Waals surface area contributed by atoms with Crippen LogP contribution in [0.25, 0.3) is 0 Å². The van der Waals surface area contributed by atoms with Crippen LogP contribution in [0, 0.1) is 5.92 Å². The standard InChI is InChI=1S/C12H23ClN2O3S/c1-18-9-8-15(12-2-3-12)19(16,17)14-6-4-11(10-13)5-7-14/h11-12H,2-10H2,1H3. The second kappa shape index (κ2) is 6.72. The molecule has 7 heteroatoms. The van der Waals surface area contributed by atoms with Crippen molar-refractivity contribution >= 4 is 21.8 Å².